The Balaban J connectivity index is 1.98. The molecule has 0 aliphatic rings. The number of hydrogen-bond donors (Lipinski definition) is 2. The molecule has 2 N–H and O–H groups in total. The second-order valence-corrected chi connectivity index (χ2v) is 4.51. The van der Waals surface area contributed by atoms with Crippen molar-refractivity contribution in [3.63, 3.8) is 0 Å². The Morgan fingerprint density at radius 3 is 2.84 bits per heavy atom. The molecule has 2 rings (SSSR count). The van der Waals surface area contributed by atoms with Gasteiger partial charge in [-0.25, -0.2) is 4.98 Å². The Kier molecular flexibility index (Phi) is 4.72. The normalized spacial score (nSPS) is 10.2. The van der Waals surface area contributed by atoms with Gasteiger partial charge >= 0.3 is 0 Å². The van der Waals surface area contributed by atoms with E-state index in [1.165, 1.54) is 11.1 Å². The van der Waals surface area contributed by atoms with Crippen LogP contribution in [0.2, 0.25) is 0 Å². The predicted molar refractivity (Wildman–Crippen MR) is 79.3 cm³/mol. The van der Waals surface area contributed by atoms with Crippen molar-refractivity contribution in [1.29, 1.82) is 0 Å². The van der Waals surface area contributed by atoms with Gasteiger partial charge in [-0.1, -0.05) is 6.92 Å². The lowest BCUT2D eigenvalue weighted by Crippen LogP contribution is -2.04. The third kappa shape index (κ3) is 3.95. The summed E-state index contributed by atoms with van der Waals surface area (Å²) in [5.74, 6) is 0.912. The van der Waals surface area contributed by atoms with Crippen LogP contribution in [-0.4, -0.2) is 16.5 Å². The van der Waals surface area contributed by atoms with Gasteiger partial charge in [0.1, 0.15) is 5.82 Å². The molecule has 0 atom stereocenters. The highest BCUT2D eigenvalue weighted by Crippen LogP contribution is 2.14. The smallest absolute Gasteiger partial charge is 0.127 e. The molecular formula is C15H20N4. The van der Waals surface area contributed by atoms with E-state index in [9.17, 15) is 0 Å². The molecule has 4 heteroatoms. The van der Waals surface area contributed by atoms with Gasteiger partial charge in [-0.3, -0.25) is 4.98 Å². The van der Waals surface area contributed by atoms with Crippen molar-refractivity contribution in [2.45, 2.75) is 26.8 Å². The molecule has 0 radical (unpaired) electrons. The molecule has 0 aliphatic heterocycles. The minimum atomic E-state index is 0.775. The van der Waals surface area contributed by atoms with E-state index in [1.54, 1.807) is 0 Å². The van der Waals surface area contributed by atoms with Crippen LogP contribution in [0.25, 0.3) is 0 Å². The lowest BCUT2D eigenvalue weighted by molar-refractivity contribution is 0.969. The Hall–Kier alpha value is -2.10. The zero-order valence-corrected chi connectivity index (χ0v) is 11.5. The number of pyridine rings is 2. The zero-order chi connectivity index (χ0) is 13.5. The maximum absolute atomic E-state index is 4.29. The third-order valence-corrected chi connectivity index (χ3v) is 2.95. The molecule has 0 fully saturated rings. The lowest BCUT2D eigenvalue weighted by atomic mass is 10.1. The molecule has 0 spiro atoms. The van der Waals surface area contributed by atoms with E-state index < -0.39 is 0 Å². The summed E-state index contributed by atoms with van der Waals surface area (Å²) in [6, 6.07) is 6.03. The minimum Gasteiger partial charge on any atom is -0.381 e. The standard InChI is InChI=1S/C15H20N4/c1-3-6-17-15-9-14(5-8-18-15)19-11-13-10-16-7-4-12(13)2/h4-5,7-10H,3,6,11H2,1-2H3,(H2,17,18,19). The van der Waals surface area contributed by atoms with Crippen LogP contribution in [0, 0.1) is 6.92 Å². The van der Waals surface area contributed by atoms with E-state index >= 15 is 0 Å². The van der Waals surface area contributed by atoms with Crippen molar-refractivity contribution in [3.05, 3.63) is 47.9 Å². The summed E-state index contributed by atoms with van der Waals surface area (Å²) in [6.45, 7) is 5.95. The van der Waals surface area contributed by atoms with Crippen LogP contribution in [-0.2, 0) is 6.54 Å². The number of nitrogens with zero attached hydrogens (tertiary/aromatic N) is 2. The average Bonchev–Trinajstić information content (AvgIpc) is 2.45. The predicted octanol–water partition coefficient (Wildman–Crippen LogP) is 3.22. The van der Waals surface area contributed by atoms with E-state index in [0.717, 1.165) is 31.0 Å². The van der Waals surface area contributed by atoms with Gasteiger partial charge in [-0.05, 0) is 36.6 Å². The summed E-state index contributed by atoms with van der Waals surface area (Å²) in [4.78, 5) is 8.44. The molecule has 0 aromatic carbocycles. The Morgan fingerprint density at radius 1 is 1.16 bits per heavy atom. The molecule has 0 saturated carbocycles. The highest BCUT2D eigenvalue weighted by atomic mass is 15.0. The highest BCUT2D eigenvalue weighted by Gasteiger charge is 1.99. The van der Waals surface area contributed by atoms with Crippen molar-refractivity contribution in [1.82, 2.24) is 9.97 Å². The van der Waals surface area contributed by atoms with Crippen molar-refractivity contribution >= 4 is 11.5 Å². The number of rotatable bonds is 6. The Bertz CT molecular complexity index is 525. The van der Waals surface area contributed by atoms with Gasteiger partial charge in [0.2, 0.25) is 0 Å². The van der Waals surface area contributed by atoms with Crippen LogP contribution < -0.4 is 10.6 Å². The molecule has 2 aromatic heterocycles. The van der Waals surface area contributed by atoms with Gasteiger partial charge < -0.3 is 10.6 Å². The number of aryl methyl sites for hydroxylation is 1. The quantitative estimate of drug-likeness (QED) is 0.833. The molecule has 2 aromatic rings. The van der Waals surface area contributed by atoms with Crippen molar-refractivity contribution < 1.29 is 0 Å². The van der Waals surface area contributed by atoms with Crippen LogP contribution in [0.15, 0.2) is 36.8 Å². The van der Waals surface area contributed by atoms with Crippen LogP contribution in [0.3, 0.4) is 0 Å². The summed E-state index contributed by atoms with van der Waals surface area (Å²) in [6.07, 6.45) is 6.63. The topological polar surface area (TPSA) is 49.8 Å². The molecule has 0 bridgehead atoms. The van der Waals surface area contributed by atoms with E-state index in [2.05, 4.69) is 34.4 Å². The van der Waals surface area contributed by atoms with E-state index in [1.807, 2.05) is 36.8 Å². The first kappa shape index (κ1) is 13.3. The van der Waals surface area contributed by atoms with Crippen molar-refractivity contribution in [2.24, 2.45) is 0 Å². The van der Waals surface area contributed by atoms with Crippen LogP contribution >= 0.6 is 0 Å². The molecule has 19 heavy (non-hydrogen) atoms. The third-order valence-electron chi connectivity index (χ3n) is 2.95. The fraction of sp³-hybridized carbons (Fsp3) is 0.333. The van der Waals surface area contributed by atoms with Gasteiger partial charge in [-0.15, -0.1) is 0 Å². The average molecular weight is 256 g/mol. The van der Waals surface area contributed by atoms with E-state index in [0.29, 0.717) is 0 Å². The molecule has 0 aliphatic carbocycles. The minimum absolute atomic E-state index is 0.775. The summed E-state index contributed by atoms with van der Waals surface area (Å²) >= 11 is 0. The monoisotopic (exact) mass is 256 g/mol. The summed E-state index contributed by atoms with van der Waals surface area (Å²) in [7, 11) is 0. The molecule has 0 unspecified atom stereocenters. The second-order valence-electron chi connectivity index (χ2n) is 4.51. The van der Waals surface area contributed by atoms with Crippen LogP contribution in [0.5, 0.6) is 0 Å². The molecule has 0 amide bonds. The van der Waals surface area contributed by atoms with Gasteiger partial charge in [0.25, 0.3) is 0 Å². The largest absolute Gasteiger partial charge is 0.381 e. The van der Waals surface area contributed by atoms with Gasteiger partial charge in [0.15, 0.2) is 0 Å². The maximum Gasteiger partial charge on any atom is 0.127 e. The molecule has 100 valence electrons. The molecule has 0 saturated heterocycles. The van der Waals surface area contributed by atoms with Crippen molar-refractivity contribution in [2.75, 3.05) is 17.2 Å². The maximum atomic E-state index is 4.29. The Labute approximate surface area is 114 Å². The fourth-order valence-electron chi connectivity index (χ4n) is 1.77. The first-order chi connectivity index (χ1) is 9.29. The van der Waals surface area contributed by atoms with Crippen LogP contribution in [0.1, 0.15) is 24.5 Å². The number of aromatic nitrogens is 2. The first-order valence-corrected chi connectivity index (χ1v) is 6.63. The Morgan fingerprint density at radius 2 is 2.05 bits per heavy atom. The molecular weight excluding hydrogens is 236 g/mol. The molecule has 4 nitrogen and oxygen atoms in total. The second kappa shape index (κ2) is 6.73. The summed E-state index contributed by atoms with van der Waals surface area (Å²) < 4.78 is 0. The van der Waals surface area contributed by atoms with Crippen molar-refractivity contribution in [3.8, 4) is 0 Å². The first-order valence-electron chi connectivity index (χ1n) is 6.63. The van der Waals surface area contributed by atoms with E-state index in [4.69, 9.17) is 0 Å². The number of anilines is 2. The molecule has 2 heterocycles. The highest BCUT2D eigenvalue weighted by molar-refractivity contribution is 5.52. The number of hydrogen-bond acceptors (Lipinski definition) is 4. The zero-order valence-electron chi connectivity index (χ0n) is 11.5. The SMILES string of the molecule is CCCNc1cc(NCc2cnccc2C)ccn1. The van der Waals surface area contributed by atoms with Crippen LogP contribution in [0.4, 0.5) is 11.5 Å². The lowest BCUT2D eigenvalue weighted by Gasteiger charge is -2.10. The van der Waals surface area contributed by atoms with Gasteiger partial charge in [0, 0.05) is 43.4 Å². The summed E-state index contributed by atoms with van der Waals surface area (Å²) in [5, 5.41) is 6.68. The van der Waals surface area contributed by atoms with Gasteiger partial charge in [0.05, 0.1) is 0 Å². The fourth-order valence-corrected chi connectivity index (χ4v) is 1.77. The number of nitrogens with one attached hydrogen (secondary N) is 2. The van der Waals surface area contributed by atoms with E-state index in [-0.39, 0.29) is 0 Å². The summed E-state index contributed by atoms with van der Waals surface area (Å²) in [5.41, 5.74) is 3.53. The van der Waals surface area contributed by atoms with Gasteiger partial charge in [-0.2, -0.15) is 0 Å².